The number of piperazine rings is 1. The van der Waals surface area contributed by atoms with Crippen molar-refractivity contribution in [2.75, 3.05) is 55.2 Å². The smallest absolute Gasteiger partial charge is 0.319 e. The lowest BCUT2D eigenvalue weighted by atomic mass is 10.0. The molecule has 2 aromatic carbocycles. The fourth-order valence-electron chi connectivity index (χ4n) is 4.20. The summed E-state index contributed by atoms with van der Waals surface area (Å²) in [6.07, 6.45) is 0. The maximum Gasteiger partial charge on any atom is 0.319 e. The summed E-state index contributed by atoms with van der Waals surface area (Å²) in [5, 5.41) is 9.92. The van der Waals surface area contributed by atoms with Crippen LogP contribution in [0.2, 0.25) is 0 Å². The van der Waals surface area contributed by atoms with Gasteiger partial charge in [-0.25, -0.2) is 17.6 Å². The Morgan fingerprint density at radius 2 is 1.67 bits per heavy atom. The molecule has 0 bridgehead atoms. The Kier molecular flexibility index (Phi) is 8.14. The number of nitriles is 1. The highest BCUT2D eigenvalue weighted by Gasteiger charge is 2.30. The number of rotatable bonds is 6. The average Bonchev–Trinajstić information content (AvgIpc) is 2.81. The van der Waals surface area contributed by atoms with Crippen LogP contribution in [0.15, 0.2) is 42.5 Å². The molecule has 1 heterocycles. The number of hydrogen-bond donors (Lipinski definition) is 0. The summed E-state index contributed by atoms with van der Waals surface area (Å²) in [6.45, 7) is 7.76. The highest BCUT2D eigenvalue weighted by molar-refractivity contribution is 7.92. The summed E-state index contributed by atoms with van der Waals surface area (Å²) >= 11 is 0. The fourth-order valence-corrected chi connectivity index (χ4v) is 6.23. The second-order valence-corrected chi connectivity index (χ2v) is 12.3. The van der Waals surface area contributed by atoms with Crippen LogP contribution in [-0.2, 0) is 16.6 Å². The van der Waals surface area contributed by atoms with E-state index in [4.69, 9.17) is 0 Å². The molecule has 0 atom stereocenters. The summed E-state index contributed by atoms with van der Waals surface area (Å²) in [6, 6.07) is 12.9. The number of amides is 2. The molecule has 8 nitrogen and oxygen atoms in total. The maximum absolute atomic E-state index is 13.5. The summed E-state index contributed by atoms with van der Waals surface area (Å²) < 4.78 is 41.7. The maximum atomic E-state index is 13.5. The number of urea groups is 1. The summed E-state index contributed by atoms with van der Waals surface area (Å²) in [5.41, 5.74) is 1.59. The van der Waals surface area contributed by atoms with E-state index in [-0.39, 0.29) is 18.3 Å². The van der Waals surface area contributed by atoms with Gasteiger partial charge in [-0.05, 0) is 41.3 Å². The zero-order valence-electron chi connectivity index (χ0n) is 21.5. The van der Waals surface area contributed by atoms with E-state index in [1.807, 2.05) is 25.7 Å². The van der Waals surface area contributed by atoms with Crippen LogP contribution >= 0.6 is 0 Å². The third kappa shape index (κ3) is 6.66. The van der Waals surface area contributed by atoms with Gasteiger partial charge in [0.2, 0.25) is 10.0 Å². The fraction of sp³-hybridized carbons (Fsp3) is 0.462. The predicted octanol–water partition coefficient (Wildman–Crippen LogP) is 3.88. The molecule has 1 saturated heterocycles. The van der Waals surface area contributed by atoms with Crippen LogP contribution in [0.25, 0.3) is 0 Å². The number of carbonyl (C=O) groups is 1. The van der Waals surface area contributed by atoms with Crippen LogP contribution in [0.3, 0.4) is 0 Å². The highest BCUT2D eigenvalue weighted by atomic mass is 32.2. The van der Waals surface area contributed by atoms with E-state index in [9.17, 15) is 22.9 Å². The van der Waals surface area contributed by atoms with Crippen molar-refractivity contribution in [1.82, 2.24) is 9.80 Å². The molecule has 2 aromatic rings. The van der Waals surface area contributed by atoms with E-state index < -0.39 is 21.3 Å². The Morgan fingerprint density at radius 3 is 2.19 bits per heavy atom. The molecule has 1 aliphatic rings. The highest BCUT2D eigenvalue weighted by Crippen LogP contribution is 2.31. The molecule has 10 heteroatoms. The molecule has 0 saturated carbocycles. The number of carbonyl (C=O) groups excluding carboxylic acids is 1. The lowest BCUT2D eigenvalue weighted by molar-refractivity contribution is 0.168. The molecule has 0 N–H and O–H groups in total. The van der Waals surface area contributed by atoms with Crippen LogP contribution in [0, 0.1) is 22.6 Å². The first kappa shape index (κ1) is 27.3. The zero-order chi connectivity index (χ0) is 26.7. The van der Waals surface area contributed by atoms with Crippen LogP contribution in [-0.4, -0.2) is 70.3 Å². The molecule has 1 aliphatic heterocycles. The van der Waals surface area contributed by atoms with Crippen molar-refractivity contribution in [3.8, 4) is 6.07 Å². The van der Waals surface area contributed by atoms with Crippen molar-refractivity contribution < 1.29 is 17.6 Å². The van der Waals surface area contributed by atoms with Gasteiger partial charge in [0, 0.05) is 40.3 Å². The van der Waals surface area contributed by atoms with E-state index >= 15 is 0 Å². The number of anilines is 2. The Morgan fingerprint density at radius 1 is 1.06 bits per heavy atom. The number of halogens is 1. The minimum absolute atomic E-state index is 0.0221. The standard InChI is InChI=1S/C26H34FN5O3S/c1-26(2,3)19-36(34,35)32(18-20-6-8-22(27)9-7-20)23-10-11-24(21(16-23)17-28)30-12-14-31(15-13-30)25(33)29(4)5/h6-11,16H,12-15,18-19H2,1-5H3. The van der Waals surface area contributed by atoms with Crippen molar-refractivity contribution in [1.29, 1.82) is 5.26 Å². The third-order valence-corrected chi connectivity index (χ3v) is 8.09. The Bertz CT molecular complexity index is 1230. The predicted molar refractivity (Wildman–Crippen MR) is 140 cm³/mol. The van der Waals surface area contributed by atoms with Gasteiger partial charge in [-0.1, -0.05) is 32.9 Å². The minimum atomic E-state index is -3.76. The van der Waals surface area contributed by atoms with E-state index in [0.717, 1.165) is 0 Å². The van der Waals surface area contributed by atoms with Crippen molar-refractivity contribution in [2.45, 2.75) is 27.3 Å². The lowest BCUT2D eigenvalue weighted by Crippen LogP contribution is -2.51. The summed E-state index contributed by atoms with van der Waals surface area (Å²) in [4.78, 5) is 17.6. The van der Waals surface area contributed by atoms with Crippen LogP contribution < -0.4 is 9.21 Å². The number of nitrogens with zero attached hydrogens (tertiary/aromatic N) is 5. The van der Waals surface area contributed by atoms with Gasteiger partial charge >= 0.3 is 6.03 Å². The molecule has 0 aromatic heterocycles. The second-order valence-electron chi connectivity index (χ2n) is 10.4. The summed E-state index contributed by atoms with van der Waals surface area (Å²) in [7, 11) is -0.332. The Balaban J connectivity index is 1.92. The van der Waals surface area contributed by atoms with Gasteiger partial charge in [0.1, 0.15) is 11.9 Å². The van der Waals surface area contributed by atoms with Crippen molar-refractivity contribution in [3.05, 3.63) is 59.4 Å². The average molecular weight is 516 g/mol. The molecular formula is C26H34FN5O3S. The Hall–Kier alpha value is -3.32. The molecule has 0 unspecified atom stereocenters. The lowest BCUT2D eigenvalue weighted by Gasteiger charge is -2.37. The second kappa shape index (κ2) is 10.7. The van der Waals surface area contributed by atoms with Crippen molar-refractivity contribution >= 4 is 27.4 Å². The first-order chi connectivity index (χ1) is 16.8. The van der Waals surface area contributed by atoms with Gasteiger partial charge in [0.05, 0.1) is 29.2 Å². The van der Waals surface area contributed by atoms with Crippen molar-refractivity contribution in [3.63, 3.8) is 0 Å². The van der Waals surface area contributed by atoms with Crippen LogP contribution in [0.4, 0.5) is 20.6 Å². The number of sulfonamides is 1. The number of hydrogen-bond acceptors (Lipinski definition) is 5. The molecule has 0 aliphatic carbocycles. The molecule has 3 rings (SSSR count). The van der Waals surface area contributed by atoms with E-state index in [1.54, 1.807) is 54.2 Å². The van der Waals surface area contributed by atoms with E-state index in [1.165, 1.54) is 16.4 Å². The van der Waals surface area contributed by atoms with Crippen LogP contribution in [0.1, 0.15) is 31.9 Å². The van der Waals surface area contributed by atoms with Gasteiger partial charge in [-0.15, -0.1) is 0 Å². The van der Waals surface area contributed by atoms with Gasteiger partial charge in [0.25, 0.3) is 0 Å². The molecule has 0 spiro atoms. The summed E-state index contributed by atoms with van der Waals surface area (Å²) in [5.74, 6) is -0.487. The minimum Gasteiger partial charge on any atom is -0.367 e. The molecule has 36 heavy (non-hydrogen) atoms. The third-order valence-electron chi connectivity index (χ3n) is 5.85. The van der Waals surface area contributed by atoms with E-state index in [2.05, 4.69) is 6.07 Å². The molecule has 2 amide bonds. The molecule has 194 valence electrons. The quantitative estimate of drug-likeness (QED) is 0.583. The van der Waals surface area contributed by atoms with Gasteiger partial charge in [-0.2, -0.15) is 5.26 Å². The first-order valence-electron chi connectivity index (χ1n) is 11.8. The number of benzene rings is 2. The van der Waals surface area contributed by atoms with E-state index in [0.29, 0.717) is 48.7 Å². The monoisotopic (exact) mass is 515 g/mol. The normalized spacial score (nSPS) is 14.4. The van der Waals surface area contributed by atoms with Crippen molar-refractivity contribution in [2.24, 2.45) is 5.41 Å². The Labute approximate surface area is 213 Å². The van der Waals surface area contributed by atoms with Gasteiger partial charge < -0.3 is 14.7 Å². The van der Waals surface area contributed by atoms with Gasteiger partial charge in [-0.3, -0.25) is 4.31 Å². The zero-order valence-corrected chi connectivity index (χ0v) is 22.3. The largest absolute Gasteiger partial charge is 0.367 e. The SMILES string of the molecule is CN(C)C(=O)N1CCN(c2ccc(N(Cc3ccc(F)cc3)S(=O)(=O)CC(C)(C)C)cc2C#N)CC1. The van der Waals surface area contributed by atoms with Gasteiger partial charge in [0.15, 0.2) is 0 Å². The molecular weight excluding hydrogens is 481 g/mol. The molecule has 1 fully saturated rings. The topological polar surface area (TPSA) is 88.0 Å². The van der Waals surface area contributed by atoms with Crippen LogP contribution in [0.5, 0.6) is 0 Å². The molecule has 0 radical (unpaired) electrons. The first-order valence-corrected chi connectivity index (χ1v) is 13.4.